The van der Waals surface area contributed by atoms with Gasteiger partial charge < -0.3 is 19.8 Å². The van der Waals surface area contributed by atoms with E-state index in [1.165, 1.54) is 18.4 Å². The van der Waals surface area contributed by atoms with Crippen molar-refractivity contribution < 1.29 is 23.1 Å². The molecule has 1 aliphatic rings. The number of amides is 2. The molecule has 3 aromatic rings. The number of para-hydroxylation sites is 1. The van der Waals surface area contributed by atoms with Crippen molar-refractivity contribution in [3.8, 4) is 0 Å². The number of nitrogens with one attached hydrogen (secondary N) is 2. The zero-order valence-corrected chi connectivity index (χ0v) is 17.4. The first-order valence-corrected chi connectivity index (χ1v) is 10.4. The number of carbonyl (C=O) groups is 2. The van der Waals surface area contributed by atoms with Crippen LogP contribution in [0.3, 0.4) is 0 Å². The molecule has 2 N–H and O–H groups in total. The molecule has 2 amide bonds. The lowest BCUT2D eigenvalue weighted by molar-refractivity contribution is 0.0162. The van der Waals surface area contributed by atoms with Gasteiger partial charge in [0.2, 0.25) is 0 Å². The molecule has 1 saturated heterocycles. The maximum Gasteiger partial charge on any atom is 0.291 e. The maximum atomic E-state index is 13.4. The van der Waals surface area contributed by atoms with Crippen molar-refractivity contribution in [2.75, 3.05) is 38.2 Å². The Morgan fingerprint density at radius 1 is 0.969 bits per heavy atom. The average Bonchev–Trinajstić information content (AvgIpc) is 3.36. The van der Waals surface area contributed by atoms with Gasteiger partial charge in [0.05, 0.1) is 36.8 Å². The quantitative estimate of drug-likeness (QED) is 0.591. The molecule has 32 heavy (non-hydrogen) atoms. The molecule has 2 heterocycles. The third-order valence-electron chi connectivity index (χ3n) is 5.36. The van der Waals surface area contributed by atoms with Gasteiger partial charge in [-0.15, -0.1) is 0 Å². The van der Waals surface area contributed by atoms with Crippen LogP contribution in [0.5, 0.6) is 0 Å². The highest BCUT2D eigenvalue weighted by molar-refractivity contribution is 6.07. The molecule has 1 aromatic heterocycles. The van der Waals surface area contributed by atoms with E-state index in [1.54, 1.807) is 48.5 Å². The Kier molecular flexibility index (Phi) is 6.94. The van der Waals surface area contributed by atoms with E-state index in [9.17, 15) is 14.0 Å². The van der Waals surface area contributed by atoms with Gasteiger partial charge in [-0.1, -0.05) is 24.3 Å². The number of rotatable bonds is 7. The summed E-state index contributed by atoms with van der Waals surface area (Å²) in [6, 6.07) is 16.1. The molecule has 2 aromatic carbocycles. The lowest BCUT2D eigenvalue weighted by Crippen LogP contribution is -2.43. The number of carbonyl (C=O) groups excluding carboxylic acids is 2. The Balaban J connectivity index is 1.48. The third kappa shape index (κ3) is 5.22. The van der Waals surface area contributed by atoms with Crippen molar-refractivity contribution in [1.29, 1.82) is 0 Å². The van der Waals surface area contributed by atoms with E-state index < -0.39 is 5.91 Å². The summed E-state index contributed by atoms with van der Waals surface area (Å²) in [4.78, 5) is 27.6. The van der Waals surface area contributed by atoms with Crippen molar-refractivity contribution in [3.05, 3.63) is 89.6 Å². The SMILES string of the molecule is O=C(Nc1ccccc1C(=O)NCC(c1ccc(F)cc1)N1CCOCC1)c1ccco1. The lowest BCUT2D eigenvalue weighted by Gasteiger charge is -2.35. The van der Waals surface area contributed by atoms with Gasteiger partial charge in [0.25, 0.3) is 11.8 Å². The van der Waals surface area contributed by atoms with Crippen LogP contribution < -0.4 is 10.6 Å². The molecule has 1 unspecified atom stereocenters. The van der Waals surface area contributed by atoms with Crippen molar-refractivity contribution in [2.24, 2.45) is 0 Å². The molecule has 0 aliphatic carbocycles. The number of furan rings is 1. The van der Waals surface area contributed by atoms with Gasteiger partial charge in [0.15, 0.2) is 5.76 Å². The Bertz CT molecular complexity index is 1050. The normalized spacial score (nSPS) is 15.2. The van der Waals surface area contributed by atoms with Crippen molar-refractivity contribution >= 4 is 17.5 Å². The minimum Gasteiger partial charge on any atom is -0.459 e. The Morgan fingerprint density at radius 3 is 2.44 bits per heavy atom. The monoisotopic (exact) mass is 437 g/mol. The first-order chi connectivity index (χ1) is 15.6. The molecule has 7 nitrogen and oxygen atoms in total. The predicted octanol–water partition coefficient (Wildman–Crippen LogP) is 3.47. The lowest BCUT2D eigenvalue weighted by atomic mass is 10.0. The molecule has 166 valence electrons. The molecule has 0 bridgehead atoms. The topological polar surface area (TPSA) is 83.8 Å². The number of hydrogen-bond acceptors (Lipinski definition) is 5. The second-order valence-electron chi connectivity index (χ2n) is 7.40. The van der Waals surface area contributed by atoms with Gasteiger partial charge in [0.1, 0.15) is 5.82 Å². The number of ether oxygens (including phenoxy) is 1. The van der Waals surface area contributed by atoms with E-state index in [0.29, 0.717) is 44.1 Å². The second kappa shape index (κ2) is 10.2. The van der Waals surface area contributed by atoms with Crippen LogP contribution in [0.25, 0.3) is 0 Å². The summed E-state index contributed by atoms with van der Waals surface area (Å²) >= 11 is 0. The number of anilines is 1. The van der Waals surface area contributed by atoms with Gasteiger partial charge in [0, 0.05) is 19.6 Å². The van der Waals surface area contributed by atoms with E-state index in [0.717, 1.165) is 5.56 Å². The van der Waals surface area contributed by atoms with E-state index in [-0.39, 0.29) is 23.5 Å². The molecular formula is C24H24FN3O4. The standard InChI is InChI=1S/C24H24FN3O4/c25-18-9-7-17(8-10-18)21(28-11-14-31-15-12-28)16-26-23(29)19-4-1-2-5-20(19)27-24(30)22-6-3-13-32-22/h1-10,13,21H,11-12,14-16H2,(H,26,29)(H,27,30). The summed E-state index contributed by atoms with van der Waals surface area (Å²) in [7, 11) is 0. The summed E-state index contributed by atoms with van der Waals surface area (Å²) < 4.78 is 24.0. The van der Waals surface area contributed by atoms with E-state index >= 15 is 0 Å². The minimum absolute atomic E-state index is 0.131. The van der Waals surface area contributed by atoms with Crippen LogP contribution in [-0.2, 0) is 4.74 Å². The van der Waals surface area contributed by atoms with Gasteiger partial charge in [-0.2, -0.15) is 0 Å². The Hall–Kier alpha value is -3.49. The number of halogens is 1. The fourth-order valence-corrected chi connectivity index (χ4v) is 3.70. The van der Waals surface area contributed by atoms with Crippen LogP contribution in [0.1, 0.15) is 32.5 Å². The smallest absolute Gasteiger partial charge is 0.291 e. The summed E-state index contributed by atoms with van der Waals surface area (Å²) in [5.74, 6) is -0.905. The zero-order valence-electron chi connectivity index (χ0n) is 17.4. The fourth-order valence-electron chi connectivity index (χ4n) is 3.70. The summed E-state index contributed by atoms with van der Waals surface area (Å²) in [5.41, 5.74) is 1.64. The highest BCUT2D eigenvalue weighted by atomic mass is 19.1. The Morgan fingerprint density at radius 2 is 1.72 bits per heavy atom. The molecule has 4 rings (SSSR count). The van der Waals surface area contributed by atoms with Gasteiger partial charge in [-0.05, 0) is 42.0 Å². The minimum atomic E-state index is -0.437. The van der Waals surface area contributed by atoms with E-state index in [2.05, 4.69) is 15.5 Å². The van der Waals surface area contributed by atoms with Crippen LogP contribution in [0.4, 0.5) is 10.1 Å². The van der Waals surface area contributed by atoms with Gasteiger partial charge in [-0.25, -0.2) is 4.39 Å². The van der Waals surface area contributed by atoms with Crippen LogP contribution in [0, 0.1) is 5.82 Å². The first-order valence-electron chi connectivity index (χ1n) is 10.4. The highest BCUT2D eigenvalue weighted by Crippen LogP contribution is 2.23. The predicted molar refractivity (Wildman–Crippen MR) is 117 cm³/mol. The molecule has 0 saturated carbocycles. The molecular weight excluding hydrogens is 413 g/mol. The molecule has 1 aliphatic heterocycles. The molecule has 0 spiro atoms. The van der Waals surface area contributed by atoms with Crippen LogP contribution >= 0.6 is 0 Å². The molecule has 1 atom stereocenters. The van der Waals surface area contributed by atoms with Gasteiger partial charge in [-0.3, -0.25) is 14.5 Å². The van der Waals surface area contributed by atoms with Gasteiger partial charge >= 0.3 is 0 Å². The summed E-state index contributed by atoms with van der Waals surface area (Å²) in [6.45, 7) is 2.97. The maximum absolute atomic E-state index is 13.4. The zero-order chi connectivity index (χ0) is 22.3. The first kappa shape index (κ1) is 21.7. The average molecular weight is 437 g/mol. The summed E-state index contributed by atoms with van der Waals surface area (Å²) in [5, 5.41) is 5.69. The van der Waals surface area contributed by atoms with Crippen molar-refractivity contribution in [2.45, 2.75) is 6.04 Å². The number of nitrogens with zero attached hydrogens (tertiary/aromatic N) is 1. The number of morpholine rings is 1. The van der Waals surface area contributed by atoms with Crippen LogP contribution in [0.2, 0.25) is 0 Å². The van der Waals surface area contributed by atoms with Crippen molar-refractivity contribution in [1.82, 2.24) is 10.2 Å². The van der Waals surface area contributed by atoms with Crippen LogP contribution in [0.15, 0.2) is 71.3 Å². The second-order valence-corrected chi connectivity index (χ2v) is 7.40. The number of hydrogen-bond donors (Lipinski definition) is 2. The van der Waals surface area contributed by atoms with Crippen LogP contribution in [-0.4, -0.2) is 49.6 Å². The van der Waals surface area contributed by atoms with E-state index in [4.69, 9.17) is 9.15 Å². The Labute approximate surface area is 185 Å². The fraction of sp³-hybridized carbons (Fsp3) is 0.250. The van der Waals surface area contributed by atoms with Crippen molar-refractivity contribution in [3.63, 3.8) is 0 Å². The van der Waals surface area contributed by atoms with E-state index in [1.807, 2.05) is 0 Å². The summed E-state index contributed by atoms with van der Waals surface area (Å²) in [6.07, 6.45) is 1.41. The largest absolute Gasteiger partial charge is 0.459 e. The number of benzene rings is 2. The molecule has 8 heteroatoms. The molecule has 0 radical (unpaired) electrons. The molecule has 1 fully saturated rings. The highest BCUT2D eigenvalue weighted by Gasteiger charge is 2.24. The third-order valence-corrected chi connectivity index (χ3v) is 5.36.